The lowest BCUT2D eigenvalue weighted by Crippen LogP contribution is -2.73. The van der Waals surface area contributed by atoms with E-state index >= 15 is 19.2 Å². The number of nitrogens with two attached hydrogens (primary N) is 1. The Bertz CT molecular complexity index is 3670. The Morgan fingerprint density at radius 2 is 1.06 bits per heavy atom. The smallest absolute Gasteiger partial charge is 0.343 e. The molecule has 0 aromatic heterocycles. The molecular formula is C68H73N7O12S. The van der Waals surface area contributed by atoms with Crippen molar-refractivity contribution in [3.8, 4) is 33.8 Å². The second-order valence-electron chi connectivity index (χ2n) is 23.6. The van der Waals surface area contributed by atoms with Gasteiger partial charge in [0.1, 0.15) is 42.7 Å². The number of amides is 4. The van der Waals surface area contributed by atoms with E-state index in [9.17, 15) is 29.4 Å². The highest BCUT2D eigenvalue weighted by Crippen LogP contribution is 2.48. The molecule has 3 aliphatic carbocycles. The maximum absolute atomic E-state index is 16.4. The lowest BCUT2D eigenvalue weighted by Gasteiger charge is -2.44. The van der Waals surface area contributed by atoms with Crippen LogP contribution >= 0.6 is 11.8 Å². The van der Waals surface area contributed by atoms with Gasteiger partial charge >= 0.3 is 11.9 Å². The molecule has 0 radical (unpaired) electrons. The third-order valence-electron chi connectivity index (χ3n) is 17.1. The summed E-state index contributed by atoms with van der Waals surface area (Å²) in [6.45, 7) is 7.42. The molecule has 0 fully saturated rings. The molecule has 20 heteroatoms. The van der Waals surface area contributed by atoms with Crippen molar-refractivity contribution in [2.75, 3.05) is 62.0 Å². The number of phenolic OH excluding ortho intramolecular Hbond substituents is 2. The van der Waals surface area contributed by atoms with Crippen LogP contribution in [-0.4, -0.2) is 137 Å². The molecule has 1 heterocycles. The van der Waals surface area contributed by atoms with E-state index in [2.05, 4.69) is 26.6 Å². The van der Waals surface area contributed by atoms with Crippen molar-refractivity contribution in [2.24, 2.45) is 23.5 Å². The van der Waals surface area contributed by atoms with E-state index in [1.54, 1.807) is 20.1 Å². The summed E-state index contributed by atoms with van der Waals surface area (Å²) in [6.07, 6.45) is 1.88. The molecule has 0 saturated heterocycles. The number of primary amides is 1. The summed E-state index contributed by atoms with van der Waals surface area (Å²) in [5, 5.41) is 37.5. The van der Waals surface area contributed by atoms with Crippen molar-refractivity contribution in [1.29, 1.82) is 0 Å². The van der Waals surface area contributed by atoms with Gasteiger partial charge in [0.25, 0.3) is 5.91 Å². The number of rotatable bonds is 15. The number of thioether (sulfide) groups is 1. The van der Waals surface area contributed by atoms with Crippen LogP contribution in [0.3, 0.4) is 0 Å². The van der Waals surface area contributed by atoms with Crippen LogP contribution < -0.4 is 32.3 Å². The van der Waals surface area contributed by atoms with Crippen molar-refractivity contribution in [3.05, 3.63) is 166 Å². The standard InChI is InChI=1S/C68H73N7O12S/c1-36(2)31-52-63(81)73-38(5)62(80)74-53(32-37(3)4)64(82)75(30-29-72-51-24-23-50(70-27-28-71-52)56-57(51)61(79)59-55(77)26-25-54(76)58(59)60(56)78)68(66(69)84,67(85)87-34-48-45-21-13-9-17-41(45)42-18-10-14-22-46(42)48)49(35-88-6)65(83)86-33-47-43-19-11-7-15-39(43)40-16-8-12-20-44(40)47/h7-26,36-38,47-49,52-53,70-72,76-77H,27-35H2,1-6H3,(H2,69,84)(H,73,81)(H,74,80)/t38-,49?,52-,53-,68-/m0/s1. The van der Waals surface area contributed by atoms with Crippen LogP contribution in [-0.2, 0) is 38.2 Å². The minimum absolute atomic E-state index is 0.00441. The van der Waals surface area contributed by atoms with Crippen LogP contribution in [0, 0.1) is 17.8 Å². The van der Waals surface area contributed by atoms with Gasteiger partial charge in [-0.05, 0) is 107 Å². The number of esters is 2. The van der Waals surface area contributed by atoms with Gasteiger partial charge in [0.2, 0.25) is 34.8 Å². The van der Waals surface area contributed by atoms with Gasteiger partial charge in [-0.2, -0.15) is 11.8 Å². The molecule has 1 unspecified atom stereocenters. The summed E-state index contributed by atoms with van der Waals surface area (Å²) in [5.41, 5.74) is 9.58. The molecular weight excluding hydrogens is 1140 g/mol. The number of fused-ring (bicyclic) bond motifs is 13. The van der Waals surface area contributed by atoms with Crippen molar-refractivity contribution in [3.63, 3.8) is 0 Å². The first-order valence-electron chi connectivity index (χ1n) is 29.7. The van der Waals surface area contributed by atoms with Crippen LogP contribution in [0.4, 0.5) is 11.4 Å². The van der Waals surface area contributed by atoms with Gasteiger partial charge in [0, 0.05) is 55.1 Å². The zero-order valence-corrected chi connectivity index (χ0v) is 50.8. The van der Waals surface area contributed by atoms with Crippen molar-refractivity contribution < 1.29 is 58.0 Å². The zero-order chi connectivity index (χ0) is 62.7. The van der Waals surface area contributed by atoms with E-state index in [4.69, 9.17) is 15.2 Å². The molecule has 4 aliphatic rings. The van der Waals surface area contributed by atoms with Gasteiger partial charge in [0.15, 0.2) is 0 Å². The Labute approximate surface area is 514 Å². The molecule has 6 aromatic rings. The zero-order valence-electron chi connectivity index (χ0n) is 49.9. The minimum Gasteiger partial charge on any atom is -0.507 e. The maximum Gasteiger partial charge on any atom is 0.343 e. The Kier molecular flexibility index (Phi) is 18.4. The molecule has 19 nitrogen and oxygen atoms in total. The van der Waals surface area contributed by atoms with Crippen molar-refractivity contribution >= 4 is 70.3 Å². The number of carbonyl (C=O) groups is 8. The van der Waals surface area contributed by atoms with E-state index in [0.717, 1.165) is 73.3 Å². The second kappa shape index (κ2) is 26.1. The maximum atomic E-state index is 16.4. The van der Waals surface area contributed by atoms with E-state index in [1.807, 2.05) is 111 Å². The van der Waals surface area contributed by atoms with Gasteiger partial charge in [-0.25, -0.2) is 4.79 Å². The summed E-state index contributed by atoms with van der Waals surface area (Å²) in [6, 6.07) is 32.2. The predicted molar refractivity (Wildman–Crippen MR) is 335 cm³/mol. The van der Waals surface area contributed by atoms with Gasteiger partial charge in [-0.15, -0.1) is 0 Å². The van der Waals surface area contributed by atoms with Crippen LogP contribution in [0.1, 0.15) is 113 Å². The largest absolute Gasteiger partial charge is 0.507 e. The molecule has 10 rings (SSSR count). The SMILES string of the molecule is CSCC(C(=O)OCC1c2ccccc2-c2ccccc21)[C@](C(N)=O)(C(=O)OCC1c2ccccc2-c2ccccc21)N1CCNc2ccc(c3c2C(=O)c2c(O)ccc(O)c2C3=O)NCCN[C@@H](CC(C)C)C(=O)N[C@@H](C)C(=O)N[C@@H](CC(C)C)C1=O. The molecule has 9 N–H and O–H groups in total. The number of ketones is 2. The summed E-state index contributed by atoms with van der Waals surface area (Å²) in [5.74, 6) is -12.7. The average Bonchev–Trinajstić information content (AvgIpc) is 2.57. The van der Waals surface area contributed by atoms with Crippen molar-refractivity contribution in [2.45, 2.75) is 83.0 Å². The Balaban J connectivity index is 1.13. The van der Waals surface area contributed by atoms with Crippen LogP contribution in [0.2, 0.25) is 0 Å². The lowest BCUT2D eigenvalue weighted by molar-refractivity contribution is -0.180. The van der Waals surface area contributed by atoms with Crippen LogP contribution in [0.5, 0.6) is 11.5 Å². The number of phenols is 2. The molecule has 88 heavy (non-hydrogen) atoms. The fourth-order valence-electron chi connectivity index (χ4n) is 13.0. The Morgan fingerprint density at radius 3 is 1.52 bits per heavy atom. The normalized spacial score (nSPS) is 18.9. The quantitative estimate of drug-likeness (QED) is 0.0280. The Hall–Kier alpha value is -9.01. The monoisotopic (exact) mass is 1210 g/mol. The first kappa shape index (κ1) is 62.1. The second-order valence-corrected chi connectivity index (χ2v) is 24.6. The third kappa shape index (κ3) is 11.7. The molecule has 2 bridgehead atoms. The highest BCUT2D eigenvalue weighted by Gasteiger charge is 2.62. The molecule has 458 valence electrons. The number of aromatic hydroxyl groups is 2. The third-order valence-corrected chi connectivity index (χ3v) is 17.7. The first-order chi connectivity index (χ1) is 42.3. The van der Waals surface area contributed by atoms with E-state index in [1.165, 1.54) is 19.1 Å². The van der Waals surface area contributed by atoms with Gasteiger partial charge in [-0.3, -0.25) is 33.6 Å². The molecule has 5 atom stereocenters. The van der Waals surface area contributed by atoms with Crippen molar-refractivity contribution in [1.82, 2.24) is 20.9 Å². The number of nitrogens with one attached hydrogen (secondary N) is 5. The number of carbonyl (C=O) groups excluding carboxylic acids is 8. The van der Waals surface area contributed by atoms with Gasteiger partial charge in [-0.1, -0.05) is 125 Å². The summed E-state index contributed by atoms with van der Waals surface area (Å²) < 4.78 is 12.8. The van der Waals surface area contributed by atoms with E-state index in [0.29, 0.717) is 6.42 Å². The van der Waals surface area contributed by atoms with Crippen LogP contribution in [0.15, 0.2) is 121 Å². The number of anilines is 2. The topological polar surface area (TPSA) is 285 Å². The molecule has 6 aromatic carbocycles. The molecule has 4 amide bonds. The highest BCUT2D eigenvalue weighted by atomic mass is 32.2. The lowest BCUT2D eigenvalue weighted by atomic mass is 9.80. The Morgan fingerprint density at radius 1 is 0.602 bits per heavy atom. The van der Waals surface area contributed by atoms with Crippen LogP contribution in [0.25, 0.3) is 22.3 Å². The summed E-state index contributed by atoms with van der Waals surface area (Å²) in [7, 11) is 0. The summed E-state index contributed by atoms with van der Waals surface area (Å²) >= 11 is 1.08. The van der Waals surface area contributed by atoms with E-state index < -0.39 is 124 Å². The number of hydrogen-bond acceptors (Lipinski definition) is 16. The molecule has 1 aliphatic heterocycles. The predicted octanol–water partition coefficient (Wildman–Crippen LogP) is 7.49. The molecule has 0 saturated carbocycles. The average molecular weight is 1210 g/mol. The number of benzene rings is 6. The fraction of sp³-hybridized carbons (Fsp3) is 0.353. The number of ether oxygens (including phenoxy) is 2. The minimum atomic E-state index is -3.07. The summed E-state index contributed by atoms with van der Waals surface area (Å²) in [4.78, 5) is 123. The number of hydrogen-bond donors (Lipinski definition) is 8. The fourth-order valence-corrected chi connectivity index (χ4v) is 13.7. The van der Waals surface area contributed by atoms with Gasteiger partial charge < -0.3 is 56.9 Å². The molecule has 0 spiro atoms. The van der Waals surface area contributed by atoms with Gasteiger partial charge in [0.05, 0.1) is 28.3 Å². The highest BCUT2D eigenvalue weighted by molar-refractivity contribution is 7.98. The van der Waals surface area contributed by atoms with E-state index in [-0.39, 0.29) is 72.8 Å². The number of nitrogens with zero attached hydrogens (tertiary/aromatic N) is 1. The first-order valence-corrected chi connectivity index (χ1v) is 31.1.